The van der Waals surface area contributed by atoms with Crippen molar-refractivity contribution in [3.05, 3.63) is 64.7 Å². The second-order valence-corrected chi connectivity index (χ2v) is 7.92. The van der Waals surface area contributed by atoms with E-state index < -0.39 is 0 Å². The average molecular weight is 541 g/mol. The number of carbonyl (C=O) groups excluding carboxylic acids is 1. The molecule has 2 aromatic rings. The van der Waals surface area contributed by atoms with Crippen molar-refractivity contribution in [2.24, 2.45) is 4.99 Å². The molecule has 0 aliphatic carbocycles. The van der Waals surface area contributed by atoms with Crippen LogP contribution in [0, 0.1) is 6.92 Å². The molecule has 0 saturated carbocycles. The van der Waals surface area contributed by atoms with Crippen LogP contribution in [0.15, 0.2) is 52.4 Å². The molecule has 7 heteroatoms. The monoisotopic (exact) mass is 540 g/mol. The fourth-order valence-corrected chi connectivity index (χ4v) is 3.47. The summed E-state index contributed by atoms with van der Waals surface area (Å²) in [6.45, 7) is 7.52. The molecule has 0 aliphatic rings. The van der Waals surface area contributed by atoms with Crippen molar-refractivity contribution in [1.29, 1.82) is 0 Å². The standard InChI is InChI=1S/C23H32N4OS.HI/c1-6-17(3)27-22(28)19-11-8-18(9-12-19)14-25-23(24-4)26-15-20-10-7-16(2)13-21(20)29-5;/h7-13,17H,6,14-15H2,1-5H3,(H,27,28)(H2,24,25,26);1H. The molecule has 3 N–H and O–H groups in total. The number of aryl methyl sites for hydroxylation is 1. The van der Waals surface area contributed by atoms with Crippen LogP contribution < -0.4 is 16.0 Å². The molecule has 0 spiro atoms. The van der Waals surface area contributed by atoms with Crippen LogP contribution in [0.5, 0.6) is 0 Å². The van der Waals surface area contributed by atoms with Crippen molar-refractivity contribution in [3.63, 3.8) is 0 Å². The zero-order valence-electron chi connectivity index (χ0n) is 18.4. The zero-order chi connectivity index (χ0) is 21.2. The van der Waals surface area contributed by atoms with Gasteiger partial charge in [-0.2, -0.15) is 0 Å². The van der Waals surface area contributed by atoms with Gasteiger partial charge in [-0.15, -0.1) is 35.7 Å². The molecule has 0 heterocycles. The zero-order valence-corrected chi connectivity index (χ0v) is 21.6. The lowest BCUT2D eigenvalue weighted by atomic mass is 10.1. The molecule has 0 aromatic heterocycles. The molecule has 2 aromatic carbocycles. The number of halogens is 1. The lowest BCUT2D eigenvalue weighted by molar-refractivity contribution is 0.0939. The Balaban J connectivity index is 0.00000450. The summed E-state index contributed by atoms with van der Waals surface area (Å²) in [5, 5.41) is 9.68. The predicted octanol–water partition coefficient (Wildman–Crippen LogP) is 4.73. The summed E-state index contributed by atoms with van der Waals surface area (Å²) in [7, 11) is 1.77. The molecule has 2 rings (SSSR count). The first-order valence-corrected chi connectivity index (χ1v) is 11.2. The summed E-state index contributed by atoms with van der Waals surface area (Å²) >= 11 is 1.75. The van der Waals surface area contributed by atoms with Gasteiger partial charge in [-0.3, -0.25) is 9.79 Å². The van der Waals surface area contributed by atoms with Gasteiger partial charge in [0.15, 0.2) is 5.96 Å². The lowest BCUT2D eigenvalue weighted by Crippen LogP contribution is -2.36. The Morgan fingerprint density at radius 3 is 2.37 bits per heavy atom. The molecular formula is C23H33IN4OS. The maximum Gasteiger partial charge on any atom is 0.251 e. The largest absolute Gasteiger partial charge is 0.352 e. The van der Waals surface area contributed by atoms with Crippen LogP contribution in [-0.4, -0.2) is 31.2 Å². The number of hydrogen-bond donors (Lipinski definition) is 3. The Morgan fingerprint density at radius 2 is 1.77 bits per heavy atom. The number of carbonyl (C=O) groups is 1. The highest BCUT2D eigenvalue weighted by molar-refractivity contribution is 14.0. The van der Waals surface area contributed by atoms with Crippen molar-refractivity contribution in [1.82, 2.24) is 16.0 Å². The van der Waals surface area contributed by atoms with Gasteiger partial charge >= 0.3 is 0 Å². The summed E-state index contributed by atoms with van der Waals surface area (Å²) in [6, 6.07) is 14.3. The van der Waals surface area contributed by atoms with E-state index in [4.69, 9.17) is 0 Å². The molecular weight excluding hydrogens is 507 g/mol. The number of nitrogens with zero attached hydrogens (tertiary/aromatic N) is 1. The van der Waals surface area contributed by atoms with E-state index >= 15 is 0 Å². The van der Waals surface area contributed by atoms with Gasteiger partial charge in [-0.1, -0.05) is 31.2 Å². The molecule has 0 radical (unpaired) electrons. The van der Waals surface area contributed by atoms with Crippen LogP contribution in [0.3, 0.4) is 0 Å². The van der Waals surface area contributed by atoms with Gasteiger partial charge < -0.3 is 16.0 Å². The molecule has 1 amide bonds. The van der Waals surface area contributed by atoms with E-state index in [9.17, 15) is 4.79 Å². The van der Waals surface area contributed by atoms with E-state index in [0.29, 0.717) is 18.7 Å². The molecule has 1 atom stereocenters. The summed E-state index contributed by atoms with van der Waals surface area (Å²) in [5.74, 6) is 0.718. The number of hydrogen-bond acceptors (Lipinski definition) is 3. The Kier molecular flexibility index (Phi) is 11.9. The van der Waals surface area contributed by atoms with Crippen molar-refractivity contribution in [2.45, 2.75) is 51.2 Å². The number of guanidine groups is 1. The van der Waals surface area contributed by atoms with Gasteiger partial charge in [0.1, 0.15) is 0 Å². The van der Waals surface area contributed by atoms with Crippen LogP contribution in [0.4, 0.5) is 0 Å². The van der Waals surface area contributed by atoms with Gasteiger partial charge in [0.2, 0.25) is 0 Å². The Morgan fingerprint density at radius 1 is 1.10 bits per heavy atom. The fourth-order valence-electron chi connectivity index (χ4n) is 2.77. The van der Waals surface area contributed by atoms with Crippen LogP contribution in [0.2, 0.25) is 0 Å². The van der Waals surface area contributed by atoms with Crippen LogP contribution in [-0.2, 0) is 13.1 Å². The molecule has 1 unspecified atom stereocenters. The third kappa shape index (κ3) is 8.18. The highest BCUT2D eigenvalue weighted by atomic mass is 127. The molecule has 164 valence electrons. The number of benzene rings is 2. The molecule has 5 nitrogen and oxygen atoms in total. The number of rotatable bonds is 8. The van der Waals surface area contributed by atoms with Gasteiger partial charge in [-0.25, -0.2) is 0 Å². The van der Waals surface area contributed by atoms with Crippen LogP contribution in [0.25, 0.3) is 0 Å². The Bertz CT molecular complexity index is 840. The van der Waals surface area contributed by atoms with Crippen LogP contribution in [0.1, 0.15) is 47.3 Å². The highest BCUT2D eigenvalue weighted by Gasteiger charge is 2.08. The van der Waals surface area contributed by atoms with E-state index in [1.54, 1.807) is 18.8 Å². The first-order valence-electron chi connectivity index (χ1n) is 9.94. The third-order valence-electron chi connectivity index (χ3n) is 4.78. The smallest absolute Gasteiger partial charge is 0.251 e. The normalized spacial score (nSPS) is 12.0. The van der Waals surface area contributed by atoms with Gasteiger partial charge in [0.25, 0.3) is 5.91 Å². The maximum absolute atomic E-state index is 12.2. The number of nitrogens with one attached hydrogen (secondary N) is 3. The van der Waals surface area contributed by atoms with E-state index in [1.165, 1.54) is 16.0 Å². The van der Waals surface area contributed by atoms with Crippen molar-refractivity contribution >= 4 is 47.6 Å². The average Bonchev–Trinajstić information content (AvgIpc) is 2.74. The minimum Gasteiger partial charge on any atom is -0.352 e. The fraction of sp³-hybridized carbons (Fsp3) is 0.391. The minimum absolute atomic E-state index is 0. The quantitative estimate of drug-likeness (QED) is 0.196. The second kappa shape index (κ2) is 13.5. The number of aliphatic imine (C=N–C) groups is 1. The van der Waals surface area contributed by atoms with Crippen LogP contribution >= 0.6 is 35.7 Å². The summed E-state index contributed by atoms with van der Waals surface area (Å²) in [5.41, 5.74) is 4.29. The molecule has 0 bridgehead atoms. The Hall–Kier alpha value is -1.74. The predicted molar refractivity (Wildman–Crippen MR) is 139 cm³/mol. The molecule has 0 saturated heterocycles. The minimum atomic E-state index is -0.0287. The topological polar surface area (TPSA) is 65.5 Å². The van der Waals surface area contributed by atoms with Crippen molar-refractivity contribution < 1.29 is 4.79 Å². The van der Waals surface area contributed by atoms with E-state index in [2.05, 4.69) is 59.2 Å². The maximum atomic E-state index is 12.2. The molecule has 30 heavy (non-hydrogen) atoms. The lowest BCUT2D eigenvalue weighted by Gasteiger charge is -2.14. The molecule has 0 aliphatic heterocycles. The summed E-state index contributed by atoms with van der Waals surface area (Å²) < 4.78 is 0. The van der Waals surface area contributed by atoms with Gasteiger partial charge in [-0.05, 0) is 61.4 Å². The summed E-state index contributed by atoms with van der Waals surface area (Å²) in [4.78, 5) is 17.8. The highest BCUT2D eigenvalue weighted by Crippen LogP contribution is 2.21. The van der Waals surface area contributed by atoms with E-state index in [1.807, 2.05) is 31.2 Å². The molecule has 0 fully saturated rings. The number of amides is 1. The van der Waals surface area contributed by atoms with E-state index in [-0.39, 0.29) is 35.9 Å². The van der Waals surface area contributed by atoms with Crippen molar-refractivity contribution in [2.75, 3.05) is 13.3 Å². The summed E-state index contributed by atoms with van der Waals surface area (Å²) in [6.07, 6.45) is 3.01. The second-order valence-electron chi connectivity index (χ2n) is 7.07. The first kappa shape index (κ1) is 26.3. The third-order valence-corrected chi connectivity index (χ3v) is 5.60. The first-order chi connectivity index (χ1) is 14.0. The van der Waals surface area contributed by atoms with Crippen molar-refractivity contribution in [3.8, 4) is 0 Å². The Labute approximate surface area is 201 Å². The van der Waals surface area contributed by atoms with Gasteiger partial charge in [0, 0.05) is 36.6 Å². The van der Waals surface area contributed by atoms with E-state index in [0.717, 1.165) is 17.9 Å². The number of thioether (sulfide) groups is 1. The van der Waals surface area contributed by atoms with Gasteiger partial charge in [0.05, 0.1) is 0 Å². The SMILES string of the molecule is CCC(C)NC(=O)c1ccc(CNC(=NC)NCc2ccc(C)cc2SC)cc1.I.